The lowest BCUT2D eigenvalue weighted by Gasteiger charge is -2.08. The van der Waals surface area contributed by atoms with Crippen LogP contribution in [0.3, 0.4) is 0 Å². The van der Waals surface area contributed by atoms with Crippen LogP contribution in [-0.2, 0) is 19.7 Å². The zero-order valence-electron chi connectivity index (χ0n) is 16.6. The van der Waals surface area contributed by atoms with Crippen LogP contribution in [0.2, 0.25) is 0 Å². The van der Waals surface area contributed by atoms with E-state index in [1.165, 1.54) is 72.8 Å². The van der Waals surface area contributed by atoms with Gasteiger partial charge in [0, 0.05) is 0 Å². The van der Waals surface area contributed by atoms with E-state index < -0.39 is 19.7 Å². The summed E-state index contributed by atoms with van der Waals surface area (Å²) in [5, 5.41) is 18.7. The summed E-state index contributed by atoms with van der Waals surface area (Å²) in [4.78, 5) is 0.371. The molecule has 0 spiro atoms. The van der Waals surface area contributed by atoms with Crippen LogP contribution >= 0.6 is 0 Å². The average molecular weight is 467 g/mol. The van der Waals surface area contributed by atoms with Gasteiger partial charge in [0.05, 0.1) is 19.6 Å². The Bertz CT molecular complexity index is 1340. The number of benzene rings is 4. The predicted molar refractivity (Wildman–Crippen MR) is 119 cm³/mol. The summed E-state index contributed by atoms with van der Waals surface area (Å²) < 4.78 is 51.0. The van der Waals surface area contributed by atoms with Gasteiger partial charge >= 0.3 is 0 Å². The predicted octanol–water partition coefficient (Wildman–Crippen LogP) is 4.43. The molecule has 8 heteroatoms. The molecule has 0 heterocycles. The third-order valence-electron chi connectivity index (χ3n) is 4.96. The Hall–Kier alpha value is -3.62. The van der Waals surface area contributed by atoms with E-state index >= 15 is 0 Å². The Labute approximate surface area is 185 Å². The molecule has 0 aromatic heterocycles. The van der Waals surface area contributed by atoms with Crippen LogP contribution < -0.4 is 0 Å². The van der Waals surface area contributed by atoms with Crippen LogP contribution in [0.25, 0.3) is 11.1 Å². The maximum absolute atomic E-state index is 12.7. The summed E-state index contributed by atoms with van der Waals surface area (Å²) in [5.74, 6) is -0.0367. The van der Waals surface area contributed by atoms with Crippen molar-refractivity contribution in [1.82, 2.24) is 0 Å². The highest BCUT2D eigenvalue weighted by Crippen LogP contribution is 2.28. The first-order valence-electron chi connectivity index (χ1n) is 9.47. The van der Waals surface area contributed by atoms with Gasteiger partial charge in [-0.3, -0.25) is 0 Å². The Morgan fingerprint density at radius 3 is 0.844 bits per heavy atom. The van der Waals surface area contributed by atoms with Crippen LogP contribution in [0.15, 0.2) is 117 Å². The molecule has 162 valence electrons. The lowest BCUT2D eigenvalue weighted by molar-refractivity contribution is 0.474. The van der Waals surface area contributed by atoms with E-state index in [4.69, 9.17) is 0 Å². The van der Waals surface area contributed by atoms with Crippen molar-refractivity contribution in [2.75, 3.05) is 0 Å². The molecule has 0 saturated carbocycles. The summed E-state index contributed by atoms with van der Waals surface area (Å²) in [6, 6.07) is 23.2. The van der Waals surface area contributed by atoms with Crippen molar-refractivity contribution in [2.45, 2.75) is 19.6 Å². The quantitative estimate of drug-likeness (QED) is 0.450. The fourth-order valence-corrected chi connectivity index (χ4v) is 5.70. The molecule has 0 atom stereocenters. The van der Waals surface area contributed by atoms with Gasteiger partial charge < -0.3 is 10.2 Å². The average Bonchev–Trinajstić information content (AvgIpc) is 2.80. The SMILES string of the molecule is O=S(=O)(c1ccc(O)cc1)c1ccc(-c2ccc(S(=O)(=O)c3ccc(O)cc3)cc2)cc1. The second kappa shape index (κ2) is 8.14. The molecule has 2 N–H and O–H groups in total. The van der Waals surface area contributed by atoms with Crippen molar-refractivity contribution in [3.8, 4) is 22.6 Å². The Balaban J connectivity index is 1.60. The monoisotopic (exact) mass is 466 g/mol. The van der Waals surface area contributed by atoms with Gasteiger partial charge in [-0.15, -0.1) is 0 Å². The number of rotatable bonds is 5. The zero-order chi connectivity index (χ0) is 22.9. The van der Waals surface area contributed by atoms with Gasteiger partial charge in [-0.05, 0) is 83.9 Å². The molecule has 6 nitrogen and oxygen atoms in total. The lowest BCUT2D eigenvalue weighted by Crippen LogP contribution is -2.02. The molecule has 4 rings (SSSR count). The van der Waals surface area contributed by atoms with E-state index in [1.807, 2.05) is 0 Å². The maximum Gasteiger partial charge on any atom is 0.206 e. The van der Waals surface area contributed by atoms with Crippen molar-refractivity contribution in [3.05, 3.63) is 97.1 Å². The van der Waals surface area contributed by atoms with Crippen LogP contribution in [-0.4, -0.2) is 27.0 Å². The lowest BCUT2D eigenvalue weighted by atomic mass is 10.1. The first-order valence-corrected chi connectivity index (χ1v) is 12.4. The topological polar surface area (TPSA) is 109 Å². The van der Waals surface area contributed by atoms with Crippen molar-refractivity contribution in [1.29, 1.82) is 0 Å². The van der Waals surface area contributed by atoms with Crippen LogP contribution in [0, 0.1) is 0 Å². The van der Waals surface area contributed by atoms with E-state index in [0.29, 0.717) is 0 Å². The van der Waals surface area contributed by atoms with E-state index in [9.17, 15) is 27.0 Å². The van der Waals surface area contributed by atoms with E-state index in [2.05, 4.69) is 0 Å². The highest BCUT2D eigenvalue weighted by atomic mass is 32.2. The van der Waals surface area contributed by atoms with Crippen molar-refractivity contribution >= 4 is 19.7 Å². The molecule has 32 heavy (non-hydrogen) atoms. The van der Waals surface area contributed by atoms with Gasteiger partial charge in [-0.2, -0.15) is 0 Å². The normalized spacial score (nSPS) is 11.9. The van der Waals surface area contributed by atoms with Crippen LogP contribution in [0.4, 0.5) is 0 Å². The number of hydrogen-bond acceptors (Lipinski definition) is 6. The number of phenols is 2. The standard InChI is InChI=1S/C24H18O6S2/c25-19-5-13-23(14-6-19)31(27,28)21-9-1-17(2-10-21)18-3-11-22(12-4-18)32(29,30)24-15-7-20(26)8-16-24/h1-16,25-26H. The van der Waals surface area contributed by atoms with Crippen molar-refractivity contribution in [2.24, 2.45) is 0 Å². The number of hydrogen-bond donors (Lipinski definition) is 2. The van der Waals surface area contributed by atoms with E-state index in [1.54, 1.807) is 24.3 Å². The highest BCUT2D eigenvalue weighted by molar-refractivity contribution is 7.91. The number of sulfone groups is 2. The minimum Gasteiger partial charge on any atom is -0.508 e. The van der Waals surface area contributed by atoms with Gasteiger partial charge in [0.2, 0.25) is 19.7 Å². The Morgan fingerprint density at radius 2 is 0.594 bits per heavy atom. The second-order valence-corrected chi connectivity index (χ2v) is 10.9. The fourth-order valence-electron chi connectivity index (χ4n) is 3.18. The first kappa shape index (κ1) is 21.6. The molecular weight excluding hydrogens is 448 g/mol. The van der Waals surface area contributed by atoms with E-state index in [-0.39, 0.29) is 31.1 Å². The first-order chi connectivity index (χ1) is 15.2. The van der Waals surface area contributed by atoms with Crippen molar-refractivity contribution < 1.29 is 27.0 Å². The van der Waals surface area contributed by atoms with Gasteiger partial charge in [0.25, 0.3) is 0 Å². The number of phenolic OH excluding ortho intramolecular Hbond substituents is 2. The third kappa shape index (κ3) is 4.10. The van der Waals surface area contributed by atoms with Gasteiger partial charge in [0.1, 0.15) is 11.5 Å². The molecule has 0 aliphatic rings. The molecule has 0 radical (unpaired) electrons. The smallest absolute Gasteiger partial charge is 0.206 e. The van der Waals surface area contributed by atoms with Crippen LogP contribution in [0.1, 0.15) is 0 Å². The second-order valence-electron chi connectivity index (χ2n) is 7.04. The summed E-state index contributed by atoms with van der Waals surface area (Å²) in [6.07, 6.45) is 0. The van der Waals surface area contributed by atoms with Gasteiger partial charge in [-0.1, -0.05) is 24.3 Å². The molecule has 0 fully saturated rings. The minimum atomic E-state index is -3.72. The summed E-state index contributed by atoms with van der Waals surface area (Å²) >= 11 is 0. The van der Waals surface area contributed by atoms with Gasteiger partial charge in [-0.25, -0.2) is 16.8 Å². The molecule has 0 saturated heterocycles. The molecule has 0 aliphatic heterocycles. The van der Waals surface area contributed by atoms with Crippen LogP contribution in [0.5, 0.6) is 11.5 Å². The van der Waals surface area contributed by atoms with Crippen molar-refractivity contribution in [3.63, 3.8) is 0 Å². The molecule has 0 aliphatic carbocycles. The molecule has 4 aromatic rings. The molecule has 4 aromatic carbocycles. The molecule has 0 amide bonds. The van der Waals surface area contributed by atoms with Gasteiger partial charge in [0.15, 0.2) is 0 Å². The molecule has 0 unspecified atom stereocenters. The summed E-state index contributed by atoms with van der Waals surface area (Å²) in [6.45, 7) is 0. The van der Waals surface area contributed by atoms with E-state index in [0.717, 1.165) is 11.1 Å². The molecule has 0 bridgehead atoms. The number of aromatic hydroxyl groups is 2. The minimum absolute atomic E-state index is 0.0184. The zero-order valence-corrected chi connectivity index (χ0v) is 18.2. The fraction of sp³-hybridized carbons (Fsp3) is 0. The summed E-state index contributed by atoms with van der Waals surface area (Å²) in [5.41, 5.74) is 1.45. The highest BCUT2D eigenvalue weighted by Gasteiger charge is 2.19. The summed E-state index contributed by atoms with van der Waals surface area (Å²) in [7, 11) is -7.45. The molecular formula is C24H18O6S2. The third-order valence-corrected chi connectivity index (χ3v) is 8.53. The maximum atomic E-state index is 12.7. The largest absolute Gasteiger partial charge is 0.508 e. The Kier molecular flexibility index (Phi) is 5.50. The Morgan fingerprint density at radius 1 is 0.375 bits per heavy atom.